The first-order valence-corrected chi connectivity index (χ1v) is 8.45. The first-order valence-electron chi connectivity index (χ1n) is 8.45. The molecule has 1 aromatic rings. The highest BCUT2D eigenvalue weighted by molar-refractivity contribution is 5.25. The molecular weight excluding hydrogens is 258 g/mol. The predicted molar refractivity (Wildman–Crippen MR) is 89.5 cm³/mol. The summed E-state index contributed by atoms with van der Waals surface area (Å²) in [6.45, 7) is 5.62. The smallest absolute Gasteiger partial charge is 0.0537 e. The number of hydrogen-bond donors (Lipinski definition) is 1. The van der Waals surface area contributed by atoms with Crippen molar-refractivity contribution in [2.75, 3.05) is 20.2 Å². The van der Waals surface area contributed by atoms with Gasteiger partial charge in [0.15, 0.2) is 0 Å². The van der Waals surface area contributed by atoms with E-state index in [0.717, 1.165) is 12.5 Å². The lowest BCUT2D eigenvalue weighted by molar-refractivity contribution is 0.106. The van der Waals surface area contributed by atoms with Crippen LogP contribution < -0.4 is 0 Å². The molecule has 0 heterocycles. The normalized spacial score (nSPS) is 25.8. The number of benzene rings is 1. The molecule has 0 radical (unpaired) electrons. The third-order valence-electron chi connectivity index (χ3n) is 5.44. The number of aliphatic hydroxyl groups excluding tert-OH is 1. The first kappa shape index (κ1) is 16.5. The number of hydrogen-bond acceptors (Lipinski definition) is 2. The average molecular weight is 289 g/mol. The molecule has 1 atom stereocenters. The summed E-state index contributed by atoms with van der Waals surface area (Å²) in [5.74, 6) is 0.938. The lowest BCUT2D eigenvalue weighted by Crippen LogP contribution is -2.45. The molecule has 1 aliphatic carbocycles. The van der Waals surface area contributed by atoms with Crippen molar-refractivity contribution in [3.63, 3.8) is 0 Å². The minimum absolute atomic E-state index is 0.169. The van der Waals surface area contributed by atoms with E-state index in [1.54, 1.807) is 0 Å². The largest absolute Gasteiger partial charge is 0.395 e. The second-order valence-electron chi connectivity index (χ2n) is 7.08. The van der Waals surface area contributed by atoms with Gasteiger partial charge in [-0.15, -0.1) is 0 Å². The monoisotopic (exact) mass is 289 g/mol. The van der Waals surface area contributed by atoms with Crippen LogP contribution in [-0.2, 0) is 5.41 Å². The van der Waals surface area contributed by atoms with Crippen molar-refractivity contribution in [3.8, 4) is 0 Å². The van der Waals surface area contributed by atoms with Crippen LogP contribution in [0.3, 0.4) is 0 Å². The molecule has 0 saturated heterocycles. The van der Waals surface area contributed by atoms with Gasteiger partial charge in [0.25, 0.3) is 0 Å². The second kappa shape index (κ2) is 7.42. The predicted octanol–water partition coefficient (Wildman–Crippen LogP) is 3.84. The highest BCUT2D eigenvalue weighted by atomic mass is 16.3. The van der Waals surface area contributed by atoms with Crippen LogP contribution >= 0.6 is 0 Å². The van der Waals surface area contributed by atoms with E-state index in [2.05, 4.69) is 50.1 Å². The minimum atomic E-state index is -0.169. The SMILES string of the molecule is CCC1CCC(N(C)CC(C)(CO)c2ccccc2)CC1. The van der Waals surface area contributed by atoms with Crippen LogP contribution in [0.2, 0.25) is 0 Å². The van der Waals surface area contributed by atoms with Crippen LogP contribution in [0.1, 0.15) is 51.5 Å². The molecule has 1 aromatic carbocycles. The fourth-order valence-corrected chi connectivity index (χ4v) is 3.75. The molecule has 1 N–H and O–H groups in total. The van der Waals surface area contributed by atoms with Gasteiger partial charge in [-0.25, -0.2) is 0 Å². The molecule has 0 aliphatic heterocycles. The third-order valence-corrected chi connectivity index (χ3v) is 5.44. The molecule has 1 fully saturated rings. The molecule has 0 aromatic heterocycles. The summed E-state index contributed by atoms with van der Waals surface area (Å²) in [4.78, 5) is 2.48. The molecule has 0 amide bonds. The van der Waals surface area contributed by atoms with Crippen molar-refractivity contribution in [3.05, 3.63) is 35.9 Å². The lowest BCUT2D eigenvalue weighted by Gasteiger charge is -2.39. The summed E-state index contributed by atoms with van der Waals surface area (Å²) in [5, 5.41) is 9.94. The Bertz CT molecular complexity index is 411. The van der Waals surface area contributed by atoms with E-state index in [1.807, 2.05) is 6.07 Å². The zero-order valence-electron chi connectivity index (χ0n) is 13.9. The van der Waals surface area contributed by atoms with Crippen molar-refractivity contribution in [2.45, 2.75) is 57.4 Å². The van der Waals surface area contributed by atoms with Crippen LogP contribution in [0, 0.1) is 5.92 Å². The molecule has 1 unspecified atom stereocenters. The maximum atomic E-state index is 9.94. The van der Waals surface area contributed by atoms with E-state index >= 15 is 0 Å². The van der Waals surface area contributed by atoms with Gasteiger partial charge in [0.1, 0.15) is 0 Å². The molecule has 2 rings (SSSR count). The molecule has 1 aliphatic rings. The van der Waals surface area contributed by atoms with Crippen LogP contribution in [0.15, 0.2) is 30.3 Å². The first-order chi connectivity index (χ1) is 10.1. The summed E-state index contributed by atoms with van der Waals surface area (Å²) in [6, 6.07) is 11.1. The molecule has 0 spiro atoms. The Balaban J connectivity index is 1.98. The molecule has 2 heteroatoms. The standard InChI is InChI=1S/C19H31NO/c1-4-16-10-12-18(13-11-16)20(3)14-19(2,15-21)17-8-6-5-7-9-17/h5-9,16,18,21H,4,10-15H2,1-3H3. The van der Waals surface area contributed by atoms with E-state index in [9.17, 15) is 5.11 Å². The summed E-state index contributed by atoms with van der Waals surface area (Å²) >= 11 is 0. The van der Waals surface area contributed by atoms with Crippen LogP contribution in [-0.4, -0.2) is 36.2 Å². The summed E-state index contributed by atoms with van der Waals surface area (Å²) in [5.41, 5.74) is 1.07. The summed E-state index contributed by atoms with van der Waals surface area (Å²) < 4.78 is 0. The summed E-state index contributed by atoms with van der Waals surface area (Å²) in [6.07, 6.45) is 6.69. The third kappa shape index (κ3) is 4.08. The fourth-order valence-electron chi connectivity index (χ4n) is 3.75. The Morgan fingerprint density at radius 3 is 2.29 bits per heavy atom. The van der Waals surface area contributed by atoms with Crippen molar-refractivity contribution in [2.24, 2.45) is 5.92 Å². The van der Waals surface area contributed by atoms with Gasteiger partial charge < -0.3 is 10.0 Å². The molecule has 2 nitrogen and oxygen atoms in total. The zero-order valence-corrected chi connectivity index (χ0v) is 13.9. The van der Waals surface area contributed by atoms with Gasteiger partial charge in [0.2, 0.25) is 0 Å². The van der Waals surface area contributed by atoms with Crippen molar-refractivity contribution < 1.29 is 5.11 Å². The maximum absolute atomic E-state index is 9.94. The average Bonchev–Trinajstić information content (AvgIpc) is 2.55. The van der Waals surface area contributed by atoms with Gasteiger partial charge in [-0.3, -0.25) is 0 Å². The van der Waals surface area contributed by atoms with Gasteiger partial charge in [0, 0.05) is 18.0 Å². The van der Waals surface area contributed by atoms with E-state index in [1.165, 1.54) is 37.7 Å². The Hall–Kier alpha value is -0.860. The molecular formula is C19H31NO. The van der Waals surface area contributed by atoms with Gasteiger partial charge in [-0.05, 0) is 44.2 Å². The van der Waals surface area contributed by atoms with Crippen molar-refractivity contribution in [1.29, 1.82) is 0 Å². The number of nitrogens with zero attached hydrogens (tertiary/aromatic N) is 1. The number of rotatable bonds is 6. The van der Waals surface area contributed by atoms with Gasteiger partial charge in [-0.1, -0.05) is 50.6 Å². The van der Waals surface area contributed by atoms with Gasteiger partial charge in [0.05, 0.1) is 6.61 Å². The van der Waals surface area contributed by atoms with E-state index in [0.29, 0.717) is 6.04 Å². The van der Waals surface area contributed by atoms with E-state index in [-0.39, 0.29) is 12.0 Å². The Morgan fingerprint density at radius 2 is 1.76 bits per heavy atom. The van der Waals surface area contributed by atoms with Crippen molar-refractivity contribution in [1.82, 2.24) is 4.90 Å². The molecule has 21 heavy (non-hydrogen) atoms. The highest BCUT2D eigenvalue weighted by Gasteiger charge is 2.31. The highest BCUT2D eigenvalue weighted by Crippen LogP contribution is 2.31. The number of aliphatic hydroxyl groups is 1. The Labute approximate surface area is 130 Å². The van der Waals surface area contributed by atoms with Crippen LogP contribution in [0.4, 0.5) is 0 Å². The molecule has 1 saturated carbocycles. The topological polar surface area (TPSA) is 23.5 Å². The molecule has 118 valence electrons. The van der Waals surface area contributed by atoms with Crippen molar-refractivity contribution >= 4 is 0 Å². The zero-order chi connectivity index (χ0) is 15.3. The minimum Gasteiger partial charge on any atom is -0.395 e. The second-order valence-corrected chi connectivity index (χ2v) is 7.08. The summed E-state index contributed by atoms with van der Waals surface area (Å²) in [7, 11) is 2.23. The van der Waals surface area contributed by atoms with Crippen LogP contribution in [0.5, 0.6) is 0 Å². The Morgan fingerprint density at radius 1 is 1.14 bits per heavy atom. The quantitative estimate of drug-likeness (QED) is 0.860. The lowest BCUT2D eigenvalue weighted by atomic mass is 9.80. The number of likely N-dealkylation sites (N-methyl/N-ethyl adjacent to an activating group) is 1. The van der Waals surface area contributed by atoms with E-state index < -0.39 is 0 Å². The van der Waals surface area contributed by atoms with Gasteiger partial charge >= 0.3 is 0 Å². The van der Waals surface area contributed by atoms with E-state index in [4.69, 9.17) is 0 Å². The van der Waals surface area contributed by atoms with Crippen LogP contribution in [0.25, 0.3) is 0 Å². The fraction of sp³-hybridized carbons (Fsp3) is 0.684. The maximum Gasteiger partial charge on any atom is 0.0537 e. The molecule has 0 bridgehead atoms. The van der Waals surface area contributed by atoms with Gasteiger partial charge in [-0.2, -0.15) is 0 Å². The Kier molecular flexibility index (Phi) is 5.83.